The fourth-order valence-corrected chi connectivity index (χ4v) is 1.87. The summed E-state index contributed by atoms with van der Waals surface area (Å²) >= 11 is 0. The Morgan fingerprint density at radius 3 is 1.86 bits per heavy atom. The topological polar surface area (TPSA) is 26.3 Å². The number of ether oxygens (including phenoxy) is 1. The smallest absolute Gasteiger partial charge is 0.306 e. The van der Waals surface area contributed by atoms with Gasteiger partial charge in [-0.1, -0.05) is 32.6 Å². The Bertz CT molecular complexity index is 502. The van der Waals surface area contributed by atoms with Crippen LogP contribution in [0.3, 0.4) is 0 Å². The first kappa shape index (κ1) is 18.4. The molecule has 7 heteroatoms. The van der Waals surface area contributed by atoms with Gasteiger partial charge in [-0.25, -0.2) is 22.0 Å². The van der Waals surface area contributed by atoms with Crippen molar-refractivity contribution in [2.45, 2.75) is 52.1 Å². The number of halogens is 5. The van der Waals surface area contributed by atoms with Crippen molar-refractivity contribution in [2.24, 2.45) is 0 Å². The lowest BCUT2D eigenvalue weighted by Crippen LogP contribution is -2.11. The molecule has 0 heterocycles. The van der Waals surface area contributed by atoms with Crippen molar-refractivity contribution in [2.75, 3.05) is 0 Å². The number of esters is 1. The number of carbonyl (C=O) groups is 1. The zero-order valence-corrected chi connectivity index (χ0v) is 12.2. The molecule has 1 rings (SSSR count). The highest BCUT2D eigenvalue weighted by atomic mass is 19.2. The highest BCUT2D eigenvalue weighted by molar-refractivity contribution is 5.69. The molecule has 0 spiro atoms. The molecule has 0 atom stereocenters. The van der Waals surface area contributed by atoms with Crippen LogP contribution >= 0.6 is 0 Å². The average molecular weight is 324 g/mol. The Morgan fingerprint density at radius 1 is 0.818 bits per heavy atom. The molecule has 0 aliphatic heterocycles. The maximum atomic E-state index is 13.3. The molecule has 1 aromatic rings. The standard InChI is InChI=1S/C15H17F5O2/c1-2-3-4-5-6-7-10(21)22-8-9-11(16)13(18)15(20)14(19)12(9)17/h2-8H2,1H3. The molecule has 0 fully saturated rings. The molecule has 1 aromatic carbocycles. The summed E-state index contributed by atoms with van der Waals surface area (Å²) in [6, 6.07) is 0. The normalized spacial score (nSPS) is 10.8. The van der Waals surface area contributed by atoms with Crippen molar-refractivity contribution < 1.29 is 31.5 Å². The van der Waals surface area contributed by atoms with Crippen molar-refractivity contribution >= 4 is 5.97 Å². The summed E-state index contributed by atoms with van der Waals surface area (Å²) in [5, 5.41) is 0. The van der Waals surface area contributed by atoms with Gasteiger partial charge in [0, 0.05) is 6.42 Å². The molecule has 0 radical (unpaired) electrons. The highest BCUT2D eigenvalue weighted by Crippen LogP contribution is 2.23. The van der Waals surface area contributed by atoms with Crippen LogP contribution in [-0.2, 0) is 16.1 Å². The Kier molecular flexibility index (Phi) is 7.27. The Balaban J connectivity index is 2.56. The minimum atomic E-state index is -2.24. The van der Waals surface area contributed by atoms with E-state index < -0.39 is 47.2 Å². The summed E-state index contributed by atoms with van der Waals surface area (Å²) in [7, 11) is 0. The summed E-state index contributed by atoms with van der Waals surface area (Å²) in [4.78, 5) is 11.4. The van der Waals surface area contributed by atoms with Crippen LogP contribution in [0.15, 0.2) is 0 Å². The maximum Gasteiger partial charge on any atom is 0.306 e. The third kappa shape index (κ3) is 4.68. The van der Waals surface area contributed by atoms with Gasteiger partial charge < -0.3 is 4.74 Å². The monoisotopic (exact) mass is 324 g/mol. The van der Waals surface area contributed by atoms with E-state index in [0.717, 1.165) is 25.7 Å². The van der Waals surface area contributed by atoms with Gasteiger partial charge in [-0.05, 0) is 6.42 Å². The molecule has 0 unspecified atom stereocenters. The van der Waals surface area contributed by atoms with Crippen molar-refractivity contribution in [1.82, 2.24) is 0 Å². The lowest BCUT2D eigenvalue weighted by atomic mass is 10.1. The van der Waals surface area contributed by atoms with Gasteiger partial charge in [-0.15, -0.1) is 0 Å². The number of carbonyl (C=O) groups excluding carboxylic acids is 1. The van der Waals surface area contributed by atoms with Crippen molar-refractivity contribution in [3.63, 3.8) is 0 Å². The summed E-state index contributed by atoms with van der Waals surface area (Å²) < 4.78 is 70.0. The molecular weight excluding hydrogens is 307 g/mol. The predicted octanol–water partition coefficient (Wildman–Crippen LogP) is 4.79. The van der Waals surface area contributed by atoms with Crippen molar-refractivity contribution in [1.29, 1.82) is 0 Å². The molecule has 0 aliphatic rings. The third-order valence-corrected chi connectivity index (χ3v) is 3.16. The van der Waals surface area contributed by atoms with E-state index in [1.165, 1.54) is 0 Å². The Hall–Kier alpha value is -1.66. The molecule has 0 saturated heterocycles. The Morgan fingerprint density at radius 2 is 1.32 bits per heavy atom. The maximum absolute atomic E-state index is 13.3. The molecule has 2 nitrogen and oxygen atoms in total. The SMILES string of the molecule is CCCCCCCC(=O)OCc1c(F)c(F)c(F)c(F)c1F. The lowest BCUT2D eigenvalue weighted by Gasteiger charge is -2.09. The van der Waals surface area contributed by atoms with Gasteiger partial charge in [-0.2, -0.15) is 0 Å². The number of rotatable bonds is 8. The second-order valence-electron chi connectivity index (χ2n) is 4.87. The van der Waals surface area contributed by atoms with Gasteiger partial charge in [0.05, 0.1) is 5.56 Å². The summed E-state index contributed by atoms with van der Waals surface area (Å²) in [5.74, 6) is -11.0. The van der Waals surface area contributed by atoms with E-state index >= 15 is 0 Å². The second-order valence-corrected chi connectivity index (χ2v) is 4.87. The predicted molar refractivity (Wildman–Crippen MR) is 69.4 cm³/mol. The van der Waals surface area contributed by atoms with Crippen LogP contribution in [0.2, 0.25) is 0 Å². The van der Waals surface area contributed by atoms with Crippen LogP contribution < -0.4 is 0 Å². The van der Waals surface area contributed by atoms with Crippen LogP contribution in [0.5, 0.6) is 0 Å². The van der Waals surface area contributed by atoms with E-state index in [0.29, 0.717) is 6.42 Å². The molecular formula is C15H17F5O2. The summed E-state index contributed by atoms with van der Waals surface area (Å²) in [5.41, 5.74) is -1.14. The quantitative estimate of drug-likeness (QED) is 0.226. The van der Waals surface area contributed by atoms with Crippen LogP contribution in [0.25, 0.3) is 0 Å². The molecule has 0 N–H and O–H groups in total. The zero-order valence-electron chi connectivity index (χ0n) is 12.2. The largest absolute Gasteiger partial charge is 0.461 e. The molecule has 0 aliphatic carbocycles. The van der Waals surface area contributed by atoms with Crippen LogP contribution in [0.4, 0.5) is 22.0 Å². The van der Waals surface area contributed by atoms with Gasteiger partial charge >= 0.3 is 5.97 Å². The van der Waals surface area contributed by atoms with Gasteiger partial charge in [0.2, 0.25) is 5.82 Å². The summed E-state index contributed by atoms with van der Waals surface area (Å²) in [6.45, 7) is 1.05. The van der Waals surface area contributed by atoms with E-state index in [9.17, 15) is 26.7 Å². The molecule has 0 saturated carbocycles. The fourth-order valence-electron chi connectivity index (χ4n) is 1.87. The first-order chi connectivity index (χ1) is 10.4. The number of benzene rings is 1. The first-order valence-corrected chi connectivity index (χ1v) is 7.06. The average Bonchev–Trinajstić information content (AvgIpc) is 2.50. The zero-order chi connectivity index (χ0) is 16.7. The molecule has 22 heavy (non-hydrogen) atoms. The third-order valence-electron chi connectivity index (χ3n) is 3.16. The number of hydrogen-bond acceptors (Lipinski definition) is 2. The van der Waals surface area contributed by atoms with Gasteiger partial charge in [0.15, 0.2) is 23.3 Å². The van der Waals surface area contributed by atoms with Crippen LogP contribution in [0, 0.1) is 29.1 Å². The Labute approximate surface area is 125 Å². The highest BCUT2D eigenvalue weighted by Gasteiger charge is 2.26. The number of hydrogen-bond donors (Lipinski definition) is 0. The van der Waals surface area contributed by atoms with Gasteiger partial charge in [0.1, 0.15) is 6.61 Å². The van der Waals surface area contributed by atoms with Crippen LogP contribution in [-0.4, -0.2) is 5.97 Å². The molecule has 0 amide bonds. The van der Waals surface area contributed by atoms with E-state index in [-0.39, 0.29) is 6.42 Å². The summed E-state index contributed by atoms with van der Waals surface area (Å²) in [6.07, 6.45) is 4.45. The van der Waals surface area contributed by atoms with Gasteiger partial charge in [0.25, 0.3) is 0 Å². The van der Waals surface area contributed by atoms with Crippen molar-refractivity contribution in [3.8, 4) is 0 Å². The van der Waals surface area contributed by atoms with E-state index in [1.54, 1.807) is 0 Å². The van der Waals surface area contributed by atoms with Crippen molar-refractivity contribution in [3.05, 3.63) is 34.6 Å². The first-order valence-electron chi connectivity index (χ1n) is 7.06. The molecule has 0 bridgehead atoms. The lowest BCUT2D eigenvalue weighted by molar-refractivity contribution is -0.145. The fraction of sp³-hybridized carbons (Fsp3) is 0.533. The van der Waals surface area contributed by atoms with E-state index in [1.807, 2.05) is 6.92 Å². The van der Waals surface area contributed by atoms with Crippen LogP contribution in [0.1, 0.15) is 51.0 Å². The van der Waals surface area contributed by atoms with E-state index in [2.05, 4.69) is 4.74 Å². The van der Waals surface area contributed by atoms with Gasteiger partial charge in [-0.3, -0.25) is 4.79 Å². The van der Waals surface area contributed by atoms with E-state index in [4.69, 9.17) is 0 Å². The number of unbranched alkanes of at least 4 members (excludes halogenated alkanes) is 4. The second kappa shape index (κ2) is 8.70. The molecule has 124 valence electrons. The molecule has 0 aromatic heterocycles. The minimum absolute atomic E-state index is 0.0408. The minimum Gasteiger partial charge on any atom is -0.461 e.